The van der Waals surface area contributed by atoms with Crippen molar-refractivity contribution in [3.05, 3.63) is 35.5 Å². The summed E-state index contributed by atoms with van der Waals surface area (Å²) in [6.45, 7) is 3.13. The van der Waals surface area contributed by atoms with Crippen LogP contribution >= 0.6 is 0 Å². The number of carbonyl (C=O) groups is 1. The van der Waals surface area contributed by atoms with Gasteiger partial charge in [-0.05, 0) is 18.6 Å². The van der Waals surface area contributed by atoms with E-state index in [1.54, 1.807) is 11.9 Å². The van der Waals surface area contributed by atoms with Crippen LogP contribution in [-0.4, -0.2) is 29.6 Å². The third-order valence-electron chi connectivity index (χ3n) is 3.69. The van der Waals surface area contributed by atoms with Crippen LogP contribution in [0.25, 0.3) is 11.3 Å². The number of fused-ring (bicyclic) bond motifs is 3. The number of nitrogens with zero attached hydrogens (tertiary/aromatic N) is 2. The van der Waals surface area contributed by atoms with E-state index in [2.05, 4.69) is 12.1 Å². The molecule has 1 aliphatic heterocycles. The molecule has 3 rings (SSSR count). The molecule has 0 saturated heterocycles. The van der Waals surface area contributed by atoms with E-state index >= 15 is 0 Å². The first-order valence-electron chi connectivity index (χ1n) is 7.18. The molecule has 1 amide bonds. The van der Waals surface area contributed by atoms with Crippen molar-refractivity contribution >= 4 is 5.91 Å². The van der Waals surface area contributed by atoms with Crippen LogP contribution in [0.4, 0.5) is 0 Å². The molecule has 5 heteroatoms. The number of rotatable bonds is 4. The summed E-state index contributed by atoms with van der Waals surface area (Å²) in [6.07, 6.45) is 2.02. The second-order valence-corrected chi connectivity index (χ2v) is 5.20. The maximum absolute atomic E-state index is 12.4. The second-order valence-electron chi connectivity index (χ2n) is 5.20. The Hall–Kier alpha value is -2.30. The third kappa shape index (κ3) is 2.39. The van der Waals surface area contributed by atoms with E-state index in [1.807, 2.05) is 24.3 Å². The fourth-order valence-electron chi connectivity index (χ4n) is 2.43. The Labute approximate surface area is 123 Å². The lowest BCUT2D eigenvalue weighted by atomic mass is 10.0. The monoisotopic (exact) mass is 286 g/mol. The van der Waals surface area contributed by atoms with Crippen LogP contribution in [-0.2, 0) is 6.61 Å². The fourth-order valence-corrected chi connectivity index (χ4v) is 2.43. The minimum atomic E-state index is -0.114. The average Bonchev–Trinajstić information content (AvgIpc) is 2.96. The van der Waals surface area contributed by atoms with E-state index in [4.69, 9.17) is 9.26 Å². The number of amides is 1. The first-order valence-corrected chi connectivity index (χ1v) is 7.18. The molecule has 0 spiro atoms. The Bertz CT molecular complexity index is 663. The van der Waals surface area contributed by atoms with Gasteiger partial charge < -0.3 is 14.2 Å². The first kappa shape index (κ1) is 13.7. The minimum absolute atomic E-state index is 0.114. The van der Waals surface area contributed by atoms with E-state index in [9.17, 15) is 4.79 Å². The van der Waals surface area contributed by atoms with Gasteiger partial charge in [0.25, 0.3) is 5.91 Å². The fraction of sp³-hybridized carbons (Fsp3) is 0.375. The Morgan fingerprint density at radius 2 is 2.19 bits per heavy atom. The van der Waals surface area contributed by atoms with Crippen molar-refractivity contribution in [1.82, 2.24) is 10.1 Å². The lowest BCUT2D eigenvalue weighted by Gasteiger charge is -2.18. The molecular formula is C16H18N2O3. The van der Waals surface area contributed by atoms with E-state index < -0.39 is 0 Å². The highest BCUT2D eigenvalue weighted by molar-refractivity contribution is 5.95. The molecule has 0 saturated carbocycles. The summed E-state index contributed by atoms with van der Waals surface area (Å²) >= 11 is 0. The van der Waals surface area contributed by atoms with Crippen molar-refractivity contribution in [3.63, 3.8) is 0 Å². The zero-order valence-electron chi connectivity index (χ0n) is 12.3. The molecule has 1 aliphatic rings. The maximum atomic E-state index is 12.4. The number of hydrogen-bond acceptors (Lipinski definition) is 4. The number of para-hydroxylation sites is 1. The topological polar surface area (TPSA) is 55.6 Å². The van der Waals surface area contributed by atoms with Crippen LogP contribution < -0.4 is 4.74 Å². The van der Waals surface area contributed by atoms with Crippen LogP contribution in [0.5, 0.6) is 5.75 Å². The van der Waals surface area contributed by atoms with Crippen molar-refractivity contribution < 1.29 is 14.1 Å². The molecule has 0 fully saturated rings. The largest absolute Gasteiger partial charge is 0.488 e. The minimum Gasteiger partial charge on any atom is -0.488 e. The Kier molecular flexibility index (Phi) is 3.64. The Balaban J connectivity index is 1.91. The van der Waals surface area contributed by atoms with Crippen molar-refractivity contribution in [3.8, 4) is 17.1 Å². The van der Waals surface area contributed by atoms with Gasteiger partial charge >= 0.3 is 0 Å². The number of unbranched alkanes of at least 4 members (excludes halogenated alkanes) is 1. The molecule has 0 bridgehead atoms. The van der Waals surface area contributed by atoms with Crippen LogP contribution in [0.15, 0.2) is 28.8 Å². The maximum Gasteiger partial charge on any atom is 0.276 e. The molecule has 0 atom stereocenters. The highest BCUT2D eigenvalue weighted by Crippen LogP contribution is 2.38. The van der Waals surface area contributed by atoms with E-state index in [-0.39, 0.29) is 5.91 Å². The van der Waals surface area contributed by atoms with Crippen LogP contribution in [0.2, 0.25) is 0 Å². The molecule has 0 aliphatic carbocycles. The molecule has 110 valence electrons. The van der Waals surface area contributed by atoms with Gasteiger partial charge in [0.1, 0.15) is 12.4 Å². The van der Waals surface area contributed by atoms with Gasteiger partial charge in [-0.3, -0.25) is 4.79 Å². The van der Waals surface area contributed by atoms with Gasteiger partial charge in [-0.15, -0.1) is 0 Å². The van der Waals surface area contributed by atoms with Crippen LogP contribution in [0.3, 0.4) is 0 Å². The quantitative estimate of drug-likeness (QED) is 0.866. The summed E-state index contributed by atoms with van der Waals surface area (Å²) in [7, 11) is 1.79. The third-order valence-corrected chi connectivity index (χ3v) is 3.69. The predicted molar refractivity (Wildman–Crippen MR) is 78.1 cm³/mol. The highest BCUT2D eigenvalue weighted by Gasteiger charge is 2.29. The highest BCUT2D eigenvalue weighted by atomic mass is 16.5. The van der Waals surface area contributed by atoms with Gasteiger partial charge in [0, 0.05) is 13.6 Å². The summed E-state index contributed by atoms with van der Waals surface area (Å²) in [4.78, 5) is 14.1. The molecule has 1 aromatic heterocycles. The molecule has 21 heavy (non-hydrogen) atoms. The smallest absolute Gasteiger partial charge is 0.276 e. The molecule has 1 aromatic carbocycles. The number of carbonyl (C=O) groups excluding carboxylic acids is 1. The summed E-state index contributed by atoms with van der Waals surface area (Å²) in [5.41, 5.74) is 1.95. The van der Waals surface area contributed by atoms with E-state index in [1.165, 1.54) is 0 Å². The zero-order chi connectivity index (χ0) is 14.8. The van der Waals surface area contributed by atoms with Crippen molar-refractivity contribution in [1.29, 1.82) is 0 Å². The summed E-state index contributed by atoms with van der Waals surface area (Å²) in [6, 6.07) is 7.61. The number of ether oxygens (including phenoxy) is 1. The molecule has 2 heterocycles. The standard InChI is InChI=1S/C16H18N2O3/c1-3-4-9-18(2)16(19)14-12-10-20-13-8-6-5-7-11(13)15(12)21-17-14/h5-8H,3-4,9-10H2,1-2H3. The normalized spacial score (nSPS) is 12.3. The van der Waals surface area contributed by atoms with Crippen molar-refractivity contribution in [2.24, 2.45) is 0 Å². The van der Waals surface area contributed by atoms with Gasteiger partial charge in [0.05, 0.1) is 11.1 Å². The molecule has 5 nitrogen and oxygen atoms in total. The number of hydrogen-bond donors (Lipinski definition) is 0. The SMILES string of the molecule is CCCCN(C)C(=O)c1noc2c1COc1ccccc1-2. The molecule has 0 N–H and O–H groups in total. The second kappa shape index (κ2) is 5.60. The summed E-state index contributed by atoms with van der Waals surface area (Å²) in [5, 5.41) is 3.98. The lowest BCUT2D eigenvalue weighted by molar-refractivity contribution is 0.0781. The van der Waals surface area contributed by atoms with E-state index in [0.29, 0.717) is 24.6 Å². The van der Waals surface area contributed by atoms with E-state index in [0.717, 1.165) is 29.7 Å². The van der Waals surface area contributed by atoms with Crippen molar-refractivity contribution in [2.45, 2.75) is 26.4 Å². The van der Waals surface area contributed by atoms with Gasteiger partial charge in [0.2, 0.25) is 0 Å². The Morgan fingerprint density at radius 3 is 3.00 bits per heavy atom. The molecule has 0 unspecified atom stereocenters. The summed E-state index contributed by atoms with van der Waals surface area (Å²) in [5.74, 6) is 1.29. The molecule has 2 aromatic rings. The molecule has 0 radical (unpaired) electrons. The number of benzene rings is 1. The molecular weight excluding hydrogens is 268 g/mol. The first-order chi connectivity index (χ1) is 10.2. The van der Waals surface area contributed by atoms with Crippen LogP contribution in [0, 0.1) is 0 Å². The zero-order valence-corrected chi connectivity index (χ0v) is 12.3. The van der Waals surface area contributed by atoms with Gasteiger partial charge in [0.15, 0.2) is 11.5 Å². The van der Waals surface area contributed by atoms with Gasteiger partial charge in [-0.25, -0.2) is 0 Å². The van der Waals surface area contributed by atoms with Gasteiger partial charge in [-0.2, -0.15) is 0 Å². The summed E-state index contributed by atoms with van der Waals surface area (Å²) < 4.78 is 11.1. The number of aromatic nitrogens is 1. The van der Waals surface area contributed by atoms with Crippen molar-refractivity contribution in [2.75, 3.05) is 13.6 Å². The lowest BCUT2D eigenvalue weighted by Crippen LogP contribution is -2.29. The van der Waals surface area contributed by atoms with Gasteiger partial charge in [-0.1, -0.05) is 30.6 Å². The predicted octanol–water partition coefficient (Wildman–Crippen LogP) is 3.11. The Morgan fingerprint density at radius 1 is 1.38 bits per heavy atom. The van der Waals surface area contributed by atoms with Crippen LogP contribution in [0.1, 0.15) is 35.8 Å². The average molecular weight is 286 g/mol.